The summed E-state index contributed by atoms with van der Waals surface area (Å²) >= 11 is 0. The highest BCUT2D eigenvalue weighted by molar-refractivity contribution is 5.93. The summed E-state index contributed by atoms with van der Waals surface area (Å²) in [5, 5.41) is 13.8. The van der Waals surface area contributed by atoms with Crippen LogP contribution in [-0.4, -0.2) is 23.4 Å². The van der Waals surface area contributed by atoms with E-state index in [-0.39, 0.29) is 22.9 Å². The van der Waals surface area contributed by atoms with Crippen LogP contribution in [0.3, 0.4) is 0 Å². The molecule has 0 saturated heterocycles. The Labute approximate surface area is 157 Å². The zero-order valence-corrected chi connectivity index (χ0v) is 15.3. The fraction of sp³-hybridized carbons (Fsp3) is 0.300. The third-order valence-corrected chi connectivity index (χ3v) is 4.17. The summed E-state index contributed by atoms with van der Waals surface area (Å²) in [4.78, 5) is 34.8. The lowest BCUT2D eigenvalue weighted by Gasteiger charge is -2.18. The maximum absolute atomic E-state index is 12.2. The van der Waals surface area contributed by atoms with Crippen LogP contribution in [0.2, 0.25) is 0 Å². The smallest absolute Gasteiger partial charge is 0.339 e. The lowest BCUT2D eigenvalue weighted by molar-refractivity contribution is -0.385. The van der Waals surface area contributed by atoms with E-state index in [2.05, 4.69) is 5.32 Å². The Bertz CT molecular complexity index is 820. The number of nitrogens with zero attached hydrogens (tertiary/aromatic N) is 1. The lowest BCUT2D eigenvalue weighted by Crippen LogP contribution is -2.32. The van der Waals surface area contributed by atoms with Crippen molar-refractivity contribution < 1.29 is 19.2 Å². The summed E-state index contributed by atoms with van der Waals surface area (Å²) in [5.74, 6) is -1.19. The molecule has 1 amide bonds. The van der Waals surface area contributed by atoms with Gasteiger partial charge < -0.3 is 10.1 Å². The summed E-state index contributed by atoms with van der Waals surface area (Å²) in [5.41, 5.74) is 1.10. The van der Waals surface area contributed by atoms with Gasteiger partial charge in [-0.3, -0.25) is 14.9 Å². The molecule has 0 saturated carbocycles. The first-order chi connectivity index (χ1) is 12.9. The number of nitro benzene ring substituents is 1. The van der Waals surface area contributed by atoms with Crippen molar-refractivity contribution in [3.05, 3.63) is 75.3 Å². The average Bonchev–Trinajstić information content (AvgIpc) is 2.66. The molecule has 0 aliphatic carbocycles. The first-order valence-corrected chi connectivity index (χ1v) is 8.69. The zero-order chi connectivity index (χ0) is 19.8. The third kappa shape index (κ3) is 5.37. The van der Waals surface area contributed by atoms with Crippen LogP contribution < -0.4 is 5.32 Å². The number of nitrogens with one attached hydrogen (secondary N) is 1. The van der Waals surface area contributed by atoms with E-state index in [0.29, 0.717) is 0 Å². The fourth-order valence-electron chi connectivity index (χ4n) is 2.78. The van der Waals surface area contributed by atoms with Crippen molar-refractivity contribution in [3.63, 3.8) is 0 Å². The number of hydrogen-bond donors (Lipinski definition) is 1. The minimum absolute atomic E-state index is 0.0742. The maximum atomic E-state index is 12.2. The van der Waals surface area contributed by atoms with Gasteiger partial charge in [0.05, 0.1) is 16.5 Å². The van der Waals surface area contributed by atoms with E-state index >= 15 is 0 Å². The summed E-state index contributed by atoms with van der Waals surface area (Å²) in [6.45, 7) is 3.04. The number of carbonyl (C=O) groups excluding carboxylic acids is 2. The highest BCUT2D eigenvalue weighted by Crippen LogP contribution is 2.22. The van der Waals surface area contributed by atoms with Crippen molar-refractivity contribution in [2.75, 3.05) is 6.61 Å². The number of nitro groups is 1. The van der Waals surface area contributed by atoms with E-state index in [4.69, 9.17) is 4.74 Å². The molecule has 1 N–H and O–H groups in total. The Morgan fingerprint density at radius 3 is 2.48 bits per heavy atom. The summed E-state index contributed by atoms with van der Waals surface area (Å²) in [6.07, 6.45) is 1.64. The van der Waals surface area contributed by atoms with Crippen LogP contribution in [-0.2, 0) is 9.53 Å². The molecule has 142 valence electrons. The number of carbonyl (C=O) groups is 2. The normalized spacial score (nSPS) is 11.5. The molecule has 7 heteroatoms. The number of ether oxygens (including phenoxy) is 1. The van der Waals surface area contributed by atoms with Crippen LogP contribution in [0.4, 0.5) is 5.69 Å². The predicted molar refractivity (Wildman–Crippen MR) is 100 cm³/mol. The number of esters is 1. The molecular formula is C20H22N2O5. The summed E-state index contributed by atoms with van der Waals surface area (Å²) in [7, 11) is 0. The lowest BCUT2D eigenvalue weighted by atomic mass is 10.0. The Morgan fingerprint density at radius 2 is 1.85 bits per heavy atom. The summed E-state index contributed by atoms with van der Waals surface area (Å²) in [6, 6.07) is 13.6. The van der Waals surface area contributed by atoms with Gasteiger partial charge in [-0.05, 0) is 25.0 Å². The van der Waals surface area contributed by atoms with E-state index in [1.165, 1.54) is 25.1 Å². The van der Waals surface area contributed by atoms with Crippen LogP contribution in [0.1, 0.15) is 47.3 Å². The Kier molecular flexibility index (Phi) is 7.05. The van der Waals surface area contributed by atoms with Crippen LogP contribution in [0.15, 0.2) is 48.5 Å². The van der Waals surface area contributed by atoms with E-state index in [0.717, 1.165) is 18.4 Å². The first-order valence-electron chi connectivity index (χ1n) is 8.69. The average molecular weight is 370 g/mol. The largest absolute Gasteiger partial charge is 0.452 e. The molecule has 0 aromatic heterocycles. The van der Waals surface area contributed by atoms with Crippen molar-refractivity contribution in [1.29, 1.82) is 0 Å². The van der Waals surface area contributed by atoms with Gasteiger partial charge in [0.25, 0.3) is 11.6 Å². The van der Waals surface area contributed by atoms with Gasteiger partial charge in [-0.15, -0.1) is 0 Å². The van der Waals surface area contributed by atoms with Crippen molar-refractivity contribution in [2.45, 2.75) is 32.7 Å². The van der Waals surface area contributed by atoms with Crippen molar-refractivity contribution >= 4 is 17.6 Å². The Morgan fingerprint density at radius 1 is 1.15 bits per heavy atom. The van der Waals surface area contributed by atoms with Crippen molar-refractivity contribution in [1.82, 2.24) is 5.32 Å². The molecule has 0 fully saturated rings. The second-order valence-electron chi connectivity index (χ2n) is 6.10. The number of rotatable bonds is 8. The molecule has 0 aliphatic heterocycles. The molecule has 0 spiro atoms. The molecule has 2 aromatic carbocycles. The van der Waals surface area contributed by atoms with Crippen LogP contribution in [0.25, 0.3) is 0 Å². The van der Waals surface area contributed by atoms with Gasteiger partial charge >= 0.3 is 5.97 Å². The van der Waals surface area contributed by atoms with E-state index in [9.17, 15) is 19.7 Å². The molecule has 0 radical (unpaired) electrons. The Balaban J connectivity index is 1.99. The molecule has 1 atom stereocenters. The standard InChI is InChI=1S/C20H22N2O5/c1-3-8-17(15-9-5-4-6-10-15)21-19(23)13-27-20(24)16-11-7-12-18(14(16)2)22(25)26/h4-7,9-12,17H,3,8,13H2,1-2H3,(H,21,23)/t17-/m1/s1. The molecule has 0 unspecified atom stereocenters. The van der Waals surface area contributed by atoms with Gasteiger partial charge in [0.1, 0.15) is 0 Å². The quantitative estimate of drug-likeness (QED) is 0.434. The zero-order valence-electron chi connectivity index (χ0n) is 15.3. The van der Waals surface area contributed by atoms with E-state index < -0.39 is 23.4 Å². The Hall–Kier alpha value is -3.22. The molecule has 27 heavy (non-hydrogen) atoms. The van der Waals surface area contributed by atoms with E-state index in [1.54, 1.807) is 0 Å². The van der Waals surface area contributed by atoms with Gasteiger partial charge in [-0.2, -0.15) is 0 Å². The minimum atomic E-state index is -0.766. The SMILES string of the molecule is CCC[C@@H](NC(=O)COC(=O)c1cccc([N+](=O)[O-])c1C)c1ccccc1. The van der Waals surface area contributed by atoms with Crippen LogP contribution in [0.5, 0.6) is 0 Å². The van der Waals surface area contributed by atoms with Gasteiger partial charge in [0, 0.05) is 11.6 Å². The summed E-state index contributed by atoms with van der Waals surface area (Å²) < 4.78 is 5.05. The number of amides is 1. The number of benzene rings is 2. The first kappa shape index (κ1) is 20.1. The van der Waals surface area contributed by atoms with E-state index in [1.807, 2.05) is 37.3 Å². The molecule has 7 nitrogen and oxygen atoms in total. The highest BCUT2D eigenvalue weighted by atomic mass is 16.6. The fourth-order valence-corrected chi connectivity index (χ4v) is 2.78. The molecule has 0 bridgehead atoms. The monoisotopic (exact) mass is 370 g/mol. The third-order valence-electron chi connectivity index (χ3n) is 4.17. The van der Waals surface area contributed by atoms with Gasteiger partial charge in [0.2, 0.25) is 0 Å². The van der Waals surface area contributed by atoms with Crippen molar-refractivity contribution in [3.8, 4) is 0 Å². The van der Waals surface area contributed by atoms with Gasteiger partial charge in [0.15, 0.2) is 6.61 Å². The topological polar surface area (TPSA) is 98.5 Å². The molecule has 2 aromatic rings. The highest BCUT2D eigenvalue weighted by Gasteiger charge is 2.20. The van der Waals surface area contributed by atoms with Crippen molar-refractivity contribution in [2.24, 2.45) is 0 Å². The molecule has 0 aliphatic rings. The van der Waals surface area contributed by atoms with Gasteiger partial charge in [-0.25, -0.2) is 4.79 Å². The molecular weight excluding hydrogens is 348 g/mol. The molecule has 2 rings (SSSR count). The maximum Gasteiger partial charge on any atom is 0.339 e. The van der Waals surface area contributed by atoms with Gasteiger partial charge in [-0.1, -0.05) is 49.7 Å². The predicted octanol–water partition coefficient (Wildman–Crippen LogP) is 3.72. The van der Waals surface area contributed by atoms with Crippen LogP contribution in [0, 0.1) is 17.0 Å². The van der Waals surface area contributed by atoms with Crippen LogP contribution >= 0.6 is 0 Å². The molecule has 0 heterocycles. The minimum Gasteiger partial charge on any atom is -0.452 e. The second kappa shape index (κ2) is 9.47. The second-order valence-corrected chi connectivity index (χ2v) is 6.10. The number of hydrogen-bond acceptors (Lipinski definition) is 5.